The van der Waals surface area contributed by atoms with Crippen LogP contribution in [0, 0.1) is 0 Å². The van der Waals surface area contributed by atoms with Crippen molar-refractivity contribution in [3.63, 3.8) is 0 Å². The number of nitrogens with zero attached hydrogens (tertiary/aromatic N) is 1. The molecule has 2 aromatic rings. The summed E-state index contributed by atoms with van der Waals surface area (Å²) in [4.78, 5) is 34.5. The second-order valence-electron chi connectivity index (χ2n) is 5.07. The third-order valence-corrected chi connectivity index (χ3v) is 3.50. The molecule has 2 rings (SSSR count). The lowest BCUT2D eigenvalue weighted by Crippen LogP contribution is -2.32. The van der Waals surface area contributed by atoms with E-state index in [1.54, 1.807) is 48.5 Å². The maximum absolute atomic E-state index is 11.8. The first kappa shape index (κ1) is 19.9. The van der Waals surface area contributed by atoms with Crippen molar-refractivity contribution in [2.45, 2.75) is 0 Å². The fourth-order valence-corrected chi connectivity index (χ4v) is 1.99. The van der Waals surface area contributed by atoms with Gasteiger partial charge in [0.2, 0.25) is 0 Å². The molecule has 2 N–H and O–H groups in total. The van der Waals surface area contributed by atoms with E-state index in [2.05, 4.69) is 20.6 Å². The second kappa shape index (κ2) is 9.93. The molecule has 0 aliphatic rings. The Hall–Kier alpha value is -3.39. The molecule has 0 radical (unpaired) electrons. The Labute approximate surface area is 160 Å². The molecule has 27 heavy (non-hydrogen) atoms. The average molecular weight is 390 g/mol. The number of hydrogen-bond acceptors (Lipinski definition) is 6. The van der Waals surface area contributed by atoms with Crippen LogP contribution >= 0.6 is 11.6 Å². The van der Waals surface area contributed by atoms with E-state index in [-0.39, 0.29) is 6.61 Å². The number of esters is 1. The number of amides is 2. The van der Waals surface area contributed by atoms with Crippen LogP contribution in [0.2, 0.25) is 5.02 Å². The van der Waals surface area contributed by atoms with Crippen LogP contribution in [-0.4, -0.2) is 37.7 Å². The summed E-state index contributed by atoms with van der Waals surface area (Å²) in [5, 5.41) is 6.41. The summed E-state index contributed by atoms with van der Waals surface area (Å²) in [5.41, 5.74) is 3.09. The molecule has 0 spiro atoms. The Balaban J connectivity index is 1.83. The fraction of sp³-hybridized carbons (Fsp3) is 0.111. The molecule has 0 aliphatic heterocycles. The van der Waals surface area contributed by atoms with Crippen molar-refractivity contribution in [1.29, 1.82) is 0 Å². The number of methoxy groups -OCH3 is 1. The van der Waals surface area contributed by atoms with Gasteiger partial charge in [0, 0.05) is 0 Å². The number of carbonyl (C=O) groups is 3. The summed E-state index contributed by atoms with van der Waals surface area (Å²) >= 11 is 5.91. The highest BCUT2D eigenvalue weighted by Gasteiger charge is 2.14. The number of ether oxygens (including phenoxy) is 2. The van der Waals surface area contributed by atoms with Gasteiger partial charge in [0.15, 0.2) is 6.61 Å². The van der Waals surface area contributed by atoms with E-state index in [1.165, 1.54) is 13.3 Å². The standard InChI is InChI=1S/C18H16ClN3O5/c1-26-16(23)11-27-13-8-6-12(7-9-13)10-20-22-18(25)17(24)21-15-5-3-2-4-14(15)19/h2-10H,11H2,1H3,(H,21,24)(H,22,25)/b20-10-. The molecule has 0 aromatic heterocycles. The molecule has 9 heteroatoms. The first-order valence-corrected chi connectivity index (χ1v) is 8.06. The topological polar surface area (TPSA) is 106 Å². The highest BCUT2D eigenvalue weighted by Crippen LogP contribution is 2.20. The zero-order valence-corrected chi connectivity index (χ0v) is 15.0. The minimum atomic E-state index is -0.941. The number of anilines is 1. The lowest BCUT2D eigenvalue weighted by Gasteiger charge is -2.05. The SMILES string of the molecule is COC(=O)COc1ccc(/C=N\NC(=O)C(=O)Nc2ccccc2Cl)cc1. The molecule has 0 saturated heterocycles. The highest BCUT2D eigenvalue weighted by molar-refractivity contribution is 6.41. The quantitative estimate of drug-likeness (QED) is 0.340. The van der Waals surface area contributed by atoms with Gasteiger partial charge in [-0.25, -0.2) is 10.2 Å². The van der Waals surface area contributed by atoms with E-state index in [0.717, 1.165) is 0 Å². The minimum Gasteiger partial charge on any atom is -0.482 e. The van der Waals surface area contributed by atoms with Gasteiger partial charge in [-0.05, 0) is 42.0 Å². The third-order valence-electron chi connectivity index (χ3n) is 3.17. The van der Waals surface area contributed by atoms with E-state index < -0.39 is 17.8 Å². The van der Waals surface area contributed by atoms with Gasteiger partial charge >= 0.3 is 17.8 Å². The Bertz CT molecular complexity index is 852. The van der Waals surface area contributed by atoms with Crippen molar-refractivity contribution in [2.75, 3.05) is 19.0 Å². The monoisotopic (exact) mass is 389 g/mol. The van der Waals surface area contributed by atoms with E-state index in [9.17, 15) is 14.4 Å². The second-order valence-corrected chi connectivity index (χ2v) is 5.47. The molecule has 0 bridgehead atoms. The van der Waals surface area contributed by atoms with Crippen LogP contribution in [0.3, 0.4) is 0 Å². The van der Waals surface area contributed by atoms with Gasteiger partial charge in [-0.1, -0.05) is 23.7 Å². The largest absolute Gasteiger partial charge is 0.482 e. The minimum absolute atomic E-state index is 0.194. The molecule has 0 saturated carbocycles. The molecule has 0 unspecified atom stereocenters. The molecular formula is C18H16ClN3O5. The lowest BCUT2D eigenvalue weighted by atomic mass is 10.2. The van der Waals surface area contributed by atoms with Crippen molar-refractivity contribution in [1.82, 2.24) is 5.43 Å². The van der Waals surface area contributed by atoms with Gasteiger partial charge in [0.25, 0.3) is 0 Å². The van der Waals surface area contributed by atoms with E-state index in [1.807, 2.05) is 0 Å². The van der Waals surface area contributed by atoms with Crippen molar-refractivity contribution < 1.29 is 23.9 Å². The molecule has 0 aliphatic carbocycles. The zero-order chi connectivity index (χ0) is 19.6. The van der Waals surface area contributed by atoms with Crippen LogP contribution in [0.5, 0.6) is 5.75 Å². The van der Waals surface area contributed by atoms with E-state index in [4.69, 9.17) is 16.3 Å². The summed E-state index contributed by atoms with van der Waals surface area (Å²) in [6, 6.07) is 13.1. The summed E-state index contributed by atoms with van der Waals surface area (Å²) in [5.74, 6) is -1.85. The average Bonchev–Trinajstić information content (AvgIpc) is 2.68. The first-order valence-electron chi connectivity index (χ1n) is 7.68. The van der Waals surface area contributed by atoms with Crippen molar-refractivity contribution >= 4 is 41.3 Å². The smallest absolute Gasteiger partial charge is 0.343 e. The van der Waals surface area contributed by atoms with Gasteiger partial charge in [-0.15, -0.1) is 0 Å². The Morgan fingerprint density at radius 1 is 1.07 bits per heavy atom. The fourth-order valence-electron chi connectivity index (χ4n) is 1.81. The van der Waals surface area contributed by atoms with Crippen LogP contribution < -0.4 is 15.5 Å². The van der Waals surface area contributed by atoms with Gasteiger partial charge in [0.05, 0.1) is 24.0 Å². The first-order chi connectivity index (χ1) is 13.0. The Morgan fingerprint density at radius 3 is 2.44 bits per heavy atom. The van der Waals surface area contributed by atoms with Crippen LogP contribution in [0.25, 0.3) is 0 Å². The van der Waals surface area contributed by atoms with Crippen molar-refractivity contribution in [3.05, 3.63) is 59.1 Å². The molecule has 2 amide bonds. The molecule has 0 fully saturated rings. The molecule has 8 nitrogen and oxygen atoms in total. The van der Waals surface area contributed by atoms with Gasteiger partial charge in [-0.3, -0.25) is 9.59 Å². The molecule has 2 aromatic carbocycles. The van der Waals surface area contributed by atoms with Crippen LogP contribution in [0.4, 0.5) is 5.69 Å². The number of rotatable bonds is 6. The number of nitrogens with one attached hydrogen (secondary N) is 2. The van der Waals surface area contributed by atoms with Gasteiger partial charge < -0.3 is 14.8 Å². The molecule has 0 atom stereocenters. The lowest BCUT2D eigenvalue weighted by molar-refractivity contribution is -0.142. The number of para-hydroxylation sites is 1. The van der Waals surface area contributed by atoms with Crippen LogP contribution in [0.15, 0.2) is 53.6 Å². The zero-order valence-electron chi connectivity index (χ0n) is 14.3. The van der Waals surface area contributed by atoms with Gasteiger partial charge in [0.1, 0.15) is 5.75 Å². The summed E-state index contributed by atoms with van der Waals surface area (Å²) < 4.78 is 9.67. The van der Waals surface area contributed by atoms with Crippen molar-refractivity contribution in [2.24, 2.45) is 5.10 Å². The number of halogens is 1. The summed E-state index contributed by atoms with van der Waals surface area (Å²) in [6.45, 7) is -0.194. The number of hydrogen-bond donors (Lipinski definition) is 2. The third kappa shape index (κ3) is 6.44. The number of carbonyl (C=O) groups excluding carboxylic acids is 3. The molecule has 0 heterocycles. The maximum atomic E-state index is 11.8. The normalized spacial score (nSPS) is 10.3. The number of benzene rings is 2. The Kier molecular flexibility index (Phi) is 7.33. The van der Waals surface area contributed by atoms with Crippen molar-refractivity contribution in [3.8, 4) is 5.75 Å². The highest BCUT2D eigenvalue weighted by atomic mass is 35.5. The van der Waals surface area contributed by atoms with Crippen LogP contribution in [-0.2, 0) is 19.1 Å². The molecular weight excluding hydrogens is 374 g/mol. The van der Waals surface area contributed by atoms with E-state index in [0.29, 0.717) is 22.0 Å². The molecule has 140 valence electrons. The Morgan fingerprint density at radius 2 is 1.78 bits per heavy atom. The summed E-state index contributed by atoms with van der Waals surface area (Å²) in [7, 11) is 1.27. The predicted octanol–water partition coefficient (Wildman–Crippen LogP) is 1.98. The van der Waals surface area contributed by atoms with Gasteiger partial charge in [-0.2, -0.15) is 5.10 Å². The number of hydrazone groups is 1. The van der Waals surface area contributed by atoms with E-state index >= 15 is 0 Å². The summed E-state index contributed by atoms with van der Waals surface area (Å²) in [6.07, 6.45) is 1.35. The predicted molar refractivity (Wildman–Crippen MR) is 99.8 cm³/mol. The van der Waals surface area contributed by atoms with Crippen LogP contribution in [0.1, 0.15) is 5.56 Å². The maximum Gasteiger partial charge on any atom is 0.343 e.